The van der Waals surface area contributed by atoms with Gasteiger partial charge in [0.2, 0.25) is 5.91 Å². The van der Waals surface area contributed by atoms with E-state index in [1.54, 1.807) is 0 Å². The third-order valence-electron chi connectivity index (χ3n) is 5.78. The van der Waals surface area contributed by atoms with Gasteiger partial charge in [0.1, 0.15) is 0 Å². The molecule has 2 atom stereocenters. The molecule has 1 aliphatic heterocycles. The number of benzene rings is 2. The average molecular weight is 356 g/mol. The molecule has 4 rings (SSSR count). The van der Waals surface area contributed by atoms with E-state index in [1.807, 2.05) is 47.4 Å². The molecule has 4 heteroatoms. The normalized spacial score (nSPS) is 24.3. The summed E-state index contributed by atoms with van der Waals surface area (Å²) in [4.78, 5) is 15.3. The third kappa shape index (κ3) is 2.86. The van der Waals surface area contributed by atoms with Crippen LogP contribution in [0, 0.1) is 0 Å². The quantitative estimate of drug-likeness (QED) is 0.907. The molecule has 2 aromatic carbocycles. The molecule has 1 heterocycles. The van der Waals surface area contributed by atoms with E-state index >= 15 is 0 Å². The van der Waals surface area contributed by atoms with Crippen LogP contribution in [0.5, 0.6) is 0 Å². The van der Waals surface area contributed by atoms with Crippen LogP contribution in [0.4, 0.5) is 0 Å². The molecule has 2 unspecified atom stereocenters. The van der Waals surface area contributed by atoms with Crippen molar-refractivity contribution in [3.63, 3.8) is 0 Å². The molecule has 2 aliphatic rings. The zero-order chi connectivity index (χ0) is 17.4. The zero-order valence-corrected chi connectivity index (χ0v) is 14.8. The van der Waals surface area contributed by atoms with Crippen molar-refractivity contribution in [2.75, 3.05) is 13.2 Å². The molecule has 1 aliphatic carbocycles. The molecule has 0 aromatic heterocycles. The summed E-state index contributed by atoms with van der Waals surface area (Å²) < 4.78 is 0. The molecule has 2 fully saturated rings. The number of carbonyl (C=O) groups excluding carboxylic acids is 1. The lowest BCUT2D eigenvalue weighted by Crippen LogP contribution is -2.45. The topological polar surface area (TPSA) is 40.5 Å². The fraction of sp³-hybridized carbons (Fsp3) is 0.381. The number of likely N-dealkylation sites (tertiary alicyclic amines) is 1. The van der Waals surface area contributed by atoms with Crippen molar-refractivity contribution >= 4 is 17.5 Å². The Hall–Kier alpha value is -1.84. The number of carbonyl (C=O) groups is 1. The summed E-state index contributed by atoms with van der Waals surface area (Å²) in [6, 6.07) is 17.7. The van der Waals surface area contributed by atoms with Crippen molar-refractivity contribution in [2.24, 2.45) is 0 Å². The van der Waals surface area contributed by atoms with E-state index in [-0.39, 0.29) is 24.5 Å². The van der Waals surface area contributed by atoms with Crippen molar-refractivity contribution < 1.29 is 9.90 Å². The predicted octanol–water partition coefficient (Wildman–Crippen LogP) is 3.75. The maximum absolute atomic E-state index is 13.3. The lowest BCUT2D eigenvalue weighted by molar-refractivity contribution is -0.135. The Morgan fingerprint density at radius 2 is 1.80 bits per heavy atom. The van der Waals surface area contributed by atoms with Crippen LogP contribution < -0.4 is 0 Å². The summed E-state index contributed by atoms with van der Waals surface area (Å²) in [5.41, 5.74) is 1.83. The van der Waals surface area contributed by atoms with Crippen molar-refractivity contribution in [1.82, 2.24) is 4.90 Å². The Morgan fingerprint density at radius 1 is 1.12 bits per heavy atom. The molecule has 130 valence electrons. The molecular weight excluding hydrogens is 334 g/mol. The van der Waals surface area contributed by atoms with E-state index in [0.29, 0.717) is 11.6 Å². The third-order valence-corrected chi connectivity index (χ3v) is 6.03. The Labute approximate surface area is 153 Å². The smallest absolute Gasteiger partial charge is 0.233 e. The van der Waals surface area contributed by atoms with Crippen LogP contribution >= 0.6 is 11.6 Å². The molecule has 0 spiro atoms. The standard InChI is InChI=1S/C21H22ClNO2/c22-17-8-6-16(7-9-17)21(11-12-21)20(25)23-13-10-18(19(23)14-24)15-4-2-1-3-5-15/h1-9,18-19,24H,10-14H2. The first-order valence-corrected chi connectivity index (χ1v) is 9.26. The van der Waals surface area contributed by atoms with Crippen molar-refractivity contribution in [3.05, 3.63) is 70.7 Å². The van der Waals surface area contributed by atoms with E-state index in [1.165, 1.54) is 5.56 Å². The van der Waals surface area contributed by atoms with Gasteiger partial charge >= 0.3 is 0 Å². The van der Waals surface area contributed by atoms with Gasteiger partial charge < -0.3 is 10.0 Å². The van der Waals surface area contributed by atoms with Crippen LogP contribution in [-0.2, 0) is 10.2 Å². The number of nitrogens with zero attached hydrogens (tertiary/aromatic N) is 1. The fourth-order valence-corrected chi connectivity index (χ4v) is 4.34. The van der Waals surface area contributed by atoms with Gasteiger partial charge in [0.05, 0.1) is 18.1 Å². The minimum Gasteiger partial charge on any atom is -0.394 e. The zero-order valence-electron chi connectivity index (χ0n) is 14.1. The van der Waals surface area contributed by atoms with Crippen LogP contribution in [0.3, 0.4) is 0 Å². The molecule has 1 saturated heterocycles. The Morgan fingerprint density at radius 3 is 2.40 bits per heavy atom. The van der Waals surface area contributed by atoms with Gasteiger partial charge in [-0.1, -0.05) is 54.1 Å². The average Bonchev–Trinajstić information content (AvgIpc) is 3.35. The van der Waals surface area contributed by atoms with Gasteiger partial charge in [-0.15, -0.1) is 0 Å². The molecule has 2 aromatic rings. The predicted molar refractivity (Wildman–Crippen MR) is 98.8 cm³/mol. The number of amides is 1. The summed E-state index contributed by atoms with van der Waals surface area (Å²) in [5.74, 6) is 0.364. The number of halogens is 1. The first-order chi connectivity index (χ1) is 12.2. The first kappa shape index (κ1) is 16.6. The molecule has 1 saturated carbocycles. The lowest BCUT2D eigenvalue weighted by atomic mass is 9.91. The van der Waals surface area contributed by atoms with Gasteiger partial charge in [-0.2, -0.15) is 0 Å². The van der Waals surface area contributed by atoms with Gasteiger partial charge in [-0.3, -0.25) is 4.79 Å². The number of aliphatic hydroxyl groups excluding tert-OH is 1. The first-order valence-electron chi connectivity index (χ1n) is 8.89. The highest BCUT2D eigenvalue weighted by Crippen LogP contribution is 2.51. The molecule has 0 bridgehead atoms. The minimum absolute atomic E-state index is 0.00198. The number of rotatable bonds is 4. The maximum Gasteiger partial charge on any atom is 0.233 e. The Kier molecular flexibility index (Phi) is 4.30. The SMILES string of the molecule is O=C(N1CCC(c2ccccc2)C1CO)C1(c2ccc(Cl)cc2)CC1. The lowest BCUT2D eigenvalue weighted by Gasteiger charge is -2.30. The van der Waals surface area contributed by atoms with Crippen molar-refractivity contribution in [3.8, 4) is 0 Å². The molecule has 0 radical (unpaired) electrons. The van der Waals surface area contributed by atoms with Crippen molar-refractivity contribution in [1.29, 1.82) is 0 Å². The largest absolute Gasteiger partial charge is 0.394 e. The monoisotopic (exact) mass is 355 g/mol. The summed E-state index contributed by atoms with van der Waals surface area (Å²) >= 11 is 5.99. The van der Waals surface area contributed by atoms with E-state index < -0.39 is 5.41 Å². The molecule has 1 amide bonds. The van der Waals surface area contributed by atoms with Gasteiger partial charge in [0.15, 0.2) is 0 Å². The fourth-order valence-electron chi connectivity index (χ4n) is 4.22. The van der Waals surface area contributed by atoms with Crippen LogP contribution in [0.1, 0.15) is 36.3 Å². The van der Waals surface area contributed by atoms with Gasteiger partial charge in [-0.25, -0.2) is 0 Å². The highest BCUT2D eigenvalue weighted by molar-refractivity contribution is 6.30. The van der Waals surface area contributed by atoms with E-state index in [4.69, 9.17) is 11.6 Å². The van der Waals surface area contributed by atoms with E-state index in [9.17, 15) is 9.90 Å². The molecule has 3 nitrogen and oxygen atoms in total. The van der Waals surface area contributed by atoms with Crippen molar-refractivity contribution in [2.45, 2.75) is 36.6 Å². The summed E-state index contributed by atoms with van der Waals surface area (Å²) in [7, 11) is 0. The molecule has 1 N–H and O–H groups in total. The second-order valence-electron chi connectivity index (χ2n) is 7.14. The molecule has 25 heavy (non-hydrogen) atoms. The highest BCUT2D eigenvalue weighted by atomic mass is 35.5. The van der Waals surface area contributed by atoms with Gasteiger partial charge in [0, 0.05) is 17.5 Å². The van der Waals surface area contributed by atoms with Crippen LogP contribution in [0.2, 0.25) is 5.02 Å². The van der Waals surface area contributed by atoms with E-state index in [2.05, 4.69) is 12.1 Å². The Bertz CT molecular complexity index is 755. The second kappa shape index (κ2) is 6.47. The van der Waals surface area contributed by atoms with Crippen LogP contribution in [-0.4, -0.2) is 35.1 Å². The number of aliphatic hydroxyl groups is 1. The summed E-state index contributed by atoms with van der Waals surface area (Å²) in [6.07, 6.45) is 2.65. The van der Waals surface area contributed by atoms with Crippen LogP contribution in [0.15, 0.2) is 54.6 Å². The van der Waals surface area contributed by atoms with Gasteiger partial charge in [-0.05, 0) is 42.5 Å². The number of hydrogen-bond acceptors (Lipinski definition) is 2. The van der Waals surface area contributed by atoms with Gasteiger partial charge in [0.25, 0.3) is 0 Å². The minimum atomic E-state index is -0.413. The number of hydrogen-bond donors (Lipinski definition) is 1. The Balaban J connectivity index is 1.59. The van der Waals surface area contributed by atoms with Crippen LogP contribution in [0.25, 0.3) is 0 Å². The summed E-state index contributed by atoms with van der Waals surface area (Å²) in [5, 5.41) is 10.7. The molecular formula is C21H22ClNO2. The second-order valence-corrected chi connectivity index (χ2v) is 7.58. The maximum atomic E-state index is 13.3. The van der Waals surface area contributed by atoms with E-state index in [0.717, 1.165) is 24.8 Å². The highest BCUT2D eigenvalue weighted by Gasteiger charge is 2.55. The summed E-state index contributed by atoms with van der Waals surface area (Å²) in [6.45, 7) is 0.709.